The molecule has 0 spiro atoms. The molecule has 3 aliphatic carbocycles. The summed E-state index contributed by atoms with van der Waals surface area (Å²) in [6.07, 6.45) is 6.67. The van der Waals surface area contributed by atoms with Gasteiger partial charge in [0.15, 0.2) is 0 Å². The molecule has 3 heteroatoms. The SMILES string of the molecule is Cn1ccc(CC(=O)C2C3C4CCC(C4)C23)n1. The summed E-state index contributed by atoms with van der Waals surface area (Å²) in [4.78, 5) is 12.3. The van der Waals surface area contributed by atoms with Crippen LogP contribution < -0.4 is 0 Å². The van der Waals surface area contributed by atoms with Gasteiger partial charge in [-0.05, 0) is 49.0 Å². The van der Waals surface area contributed by atoms with E-state index in [-0.39, 0.29) is 0 Å². The monoisotopic (exact) mass is 230 g/mol. The second-order valence-corrected chi connectivity index (χ2v) is 6.14. The van der Waals surface area contributed by atoms with E-state index >= 15 is 0 Å². The van der Waals surface area contributed by atoms with E-state index in [0.29, 0.717) is 18.1 Å². The molecule has 0 amide bonds. The number of Topliss-reactive ketones (excluding diaryl/α,β-unsaturated/α-hetero) is 1. The van der Waals surface area contributed by atoms with Gasteiger partial charge >= 0.3 is 0 Å². The first kappa shape index (κ1) is 9.86. The molecular weight excluding hydrogens is 212 g/mol. The van der Waals surface area contributed by atoms with Crippen LogP contribution in [-0.2, 0) is 18.3 Å². The topological polar surface area (TPSA) is 34.9 Å². The first-order valence-electron chi connectivity index (χ1n) is 6.75. The number of nitrogens with zero attached hydrogens (tertiary/aromatic N) is 2. The Morgan fingerprint density at radius 3 is 2.71 bits per heavy atom. The number of ketones is 1. The van der Waals surface area contributed by atoms with Crippen LogP contribution in [0.5, 0.6) is 0 Å². The standard InChI is InChI=1S/C14H18N2O/c1-16-5-4-10(15-16)7-11(17)14-12-8-2-3-9(6-8)13(12)14/h4-5,8-9,12-14H,2-3,6-7H2,1H3. The molecule has 3 nitrogen and oxygen atoms in total. The van der Waals surface area contributed by atoms with Crippen LogP contribution in [0, 0.1) is 29.6 Å². The highest BCUT2D eigenvalue weighted by molar-refractivity contribution is 5.86. The Balaban J connectivity index is 1.46. The van der Waals surface area contributed by atoms with Crippen molar-refractivity contribution in [2.45, 2.75) is 25.7 Å². The van der Waals surface area contributed by atoms with Gasteiger partial charge in [-0.3, -0.25) is 9.48 Å². The van der Waals surface area contributed by atoms with Gasteiger partial charge in [0.05, 0.1) is 12.1 Å². The zero-order chi connectivity index (χ0) is 11.6. The maximum atomic E-state index is 12.3. The summed E-state index contributed by atoms with van der Waals surface area (Å²) in [6.45, 7) is 0. The van der Waals surface area contributed by atoms with Crippen molar-refractivity contribution < 1.29 is 4.79 Å². The minimum atomic E-state index is 0.406. The quantitative estimate of drug-likeness (QED) is 0.794. The molecule has 2 bridgehead atoms. The highest BCUT2D eigenvalue weighted by Gasteiger charge is 2.66. The zero-order valence-electron chi connectivity index (χ0n) is 10.2. The van der Waals surface area contributed by atoms with E-state index in [4.69, 9.17) is 0 Å². The number of aryl methyl sites for hydroxylation is 1. The number of hydrogen-bond acceptors (Lipinski definition) is 2. The fraction of sp³-hybridized carbons (Fsp3) is 0.714. The molecule has 17 heavy (non-hydrogen) atoms. The van der Waals surface area contributed by atoms with Gasteiger partial charge in [0.1, 0.15) is 5.78 Å². The molecule has 3 fully saturated rings. The van der Waals surface area contributed by atoms with Gasteiger partial charge in [-0.15, -0.1) is 0 Å². The van der Waals surface area contributed by atoms with Crippen LogP contribution in [0.15, 0.2) is 12.3 Å². The summed E-state index contributed by atoms with van der Waals surface area (Å²) in [5.74, 6) is 4.18. The Bertz CT molecular complexity index is 462. The number of fused-ring (bicyclic) bond motifs is 5. The molecule has 3 aliphatic rings. The van der Waals surface area contributed by atoms with Crippen molar-refractivity contribution in [3.8, 4) is 0 Å². The second kappa shape index (κ2) is 3.21. The third-order valence-electron chi connectivity index (χ3n) is 5.23. The second-order valence-electron chi connectivity index (χ2n) is 6.14. The molecule has 4 atom stereocenters. The summed E-state index contributed by atoms with van der Waals surface area (Å²) in [6, 6.07) is 1.96. The summed E-state index contributed by atoms with van der Waals surface area (Å²) in [5.41, 5.74) is 0.940. The Kier molecular flexibility index (Phi) is 1.86. The number of aromatic nitrogens is 2. The minimum Gasteiger partial charge on any atom is -0.299 e. The fourth-order valence-electron chi connectivity index (χ4n) is 4.61. The zero-order valence-corrected chi connectivity index (χ0v) is 10.2. The van der Waals surface area contributed by atoms with Crippen LogP contribution in [-0.4, -0.2) is 15.6 Å². The molecule has 0 N–H and O–H groups in total. The Labute approximate surface area is 101 Å². The largest absolute Gasteiger partial charge is 0.299 e. The van der Waals surface area contributed by atoms with Crippen molar-refractivity contribution in [1.29, 1.82) is 0 Å². The van der Waals surface area contributed by atoms with E-state index in [0.717, 1.165) is 29.4 Å². The van der Waals surface area contributed by atoms with Gasteiger partial charge < -0.3 is 0 Å². The van der Waals surface area contributed by atoms with Gasteiger partial charge in [0.25, 0.3) is 0 Å². The van der Waals surface area contributed by atoms with Gasteiger partial charge in [-0.25, -0.2) is 0 Å². The average molecular weight is 230 g/mol. The minimum absolute atomic E-state index is 0.406. The first-order valence-corrected chi connectivity index (χ1v) is 6.75. The predicted molar refractivity (Wildman–Crippen MR) is 63.2 cm³/mol. The van der Waals surface area contributed by atoms with Crippen molar-refractivity contribution in [3.05, 3.63) is 18.0 Å². The van der Waals surface area contributed by atoms with E-state index in [1.54, 1.807) is 4.68 Å². The molecule has 0 aliphatic heterocycles. The van der Waals surface area contributed by atoms with Gasteiger partial charge in [-0.1, -0.05) is 0 Å². The lowest BCUT2D eigenvalue weighted by Gasteiger charge is -2.06. The Morgan fingerprint density at radius 2 is 2.12 bits per heavy atom. The summed E-state index contributed by atoms with van der Waals surface area (Å²) < 4.78 is 1.78. The number of carbonyl (C=O) groups excluding carboxylic acids is 1. The molecular formula is C14H18N2O. The molecule has 0 radical (unpaired) electrons. The predicted octanol–water partition coefficient (Wildman–Crippen LogP) is 1.82. The molecule has 0 aromatic carbocycles. The normalized spacial score (nSPS) is 41.6. The van der Waals surface area contributed by atoms with Crippen LogP contribution in [0.25, 0.3) is 0 Å². The molecule has 1 heterocycles. The third-order valence-corrected chi connectivity index (χ3v) is 5.23. The molecule has 90 valence electrons. The summed E-state index contributed by atoms with van der Waals surface area (Å²) in [7, 11) is 1.90. The van der Waals surface area contributed by atoms with Crippen molar-refractivity contribution in [2.24, 2.45) is 36.6 Å². The van der Waals surface area contributed by atoms with Gasteiger partial charge in [-0.2, -0.15) is 5.10 Å². The van der Waals surface area contributed by atoms with E-state index in [1.165, 1.54) is 19.3 Å². The number of hydrogen-bond donors (Lipinski definition) is 0. The average Bonchev–Trinajstić information content (AvgIpc) is 2.65. The molecule has 0 saturated heterocycles. The van der Waals surface area contributed by atoms with Crippen molar-refractivity contribution >= 4 is 5.78 Å². The smallest absolute Gasteiger partial charge is 0.142 e. The molecule has 1 aromatic heterocycles. The van der Waals surface area contributed by atoms with Crippen LogP contribution in [0.2, 0.25) is 0 Å². The molecule has 3 saturated carbocycles. The highest BCUT2D eigenvalue weighted by atomic mass is 16.1. The number of carbonyl (C=O) groups is 1. The van der Waals surface area contributed by atoms with Crippen LogP contribution in [0.4, 0.5) is 0 Å². The van der Waals surface area contributed by atoms with E-state index < -0.39 is 0 Å². The molecule has 4 unspecified atom stereocenters. The van der Waals surface area contributed by atoms with Crippen LogP contribution >= 0.6 is 0 Å². The van der Waals surface area contributed by atoms with Crippen molar-refractivity contribution in [2.75, 3.05) is 0 Å². The lowest BCUT2D eigenvalue weighted by atomic mass is 9.98. The first-order chi connectivity index (χ1) is 8.24. The lowest BCUT2D eigenvalue weighted by Crippen LogP contribution is -2.12. The molecule has 1 aromatic rings. The Hall–Kier alpha value is -1.12. The Morgan fingerprint density at radius 1 is 1.41 bits per heavy atom. The maximum absolute atomic E-state index is 12.3. The van der Waals surface area contributed by atoms with E-state index in [2.05, 4.69) is 5.10 Å². The van der Waals surface area contributed by atoms with Crippen molar-refractivity contribution in [1.82, 2.24) is 9.78 Å². The van der Waals surface area contributed by atoms with Crippen LogP contribution in [0.3, 0.4) is 0 Å². The third kappa shape index (κ3) is 1.34. The lowest BCUT2D eigenvalue weighted by molar-refractivity contribution is -0.120. The maximum Gasteiger partial charge on any atom is 0.142 e. The molecule has 4 rings (SSSR count). The fourth-order valence-corrected chi connectivity index (χ4v) is 4.61. The summed E-state index contributed by atoms with van der Waals surface area (Å²) in [5, 5.41) is 4.30. The van der Waals surface area contributed by atoms with Crippen LogP contribution in [0.1, 0.15) is 25.0 Å². The van der Waals surface area contributed by atoms with E-state index in [9.17, 15) is 4.79 Å². The van der Waals surface area contributed by atoms with E-state index in [1.807, 2.05) is 19.3 Å². The highest BCUT2D eigenvalue weighted by Crippen LogP contribution is 2.69. The summed E-state index contributed by atoms with van der Waals surface area (Å²) >= 11 is 0. The number of rotatable bonds is 3. The van der Waals surface area contributed by atoms with Crippen molar-refractivity contribution in [3.63, 3.8) is 0 Å². The van der Waals surface area contributed by atoms with Gasteiger partial charge in [0.2, 0.25) is 0 Å². The van der Waals surface area contributed by atoms with Gasteiger partial charge in [0, 0.05) is 19.2 Å².